The second-order valence-corrected chi connectivity index (χ2v) is 7.42. The second-order valence-electron chi connectivity index (χ2n) is 7.42. The van der Waals surface area contributed by atoms with Crippen LogP contribution in [0, 0.1) is 0 Å². The van der Waals surface area contributed by atoms with Gasteiger partial charge in [0.2, 0.25) is 0 Å². The lowest BCUT2D eigenvalue weighted by Gasteiger charge is -2.23. The summed E-state index contributed by atoms with van der Waals surface area (Å²) >= 11 is 0. The molecular weight excluding hydrogens is 340 g/mol. The number of aryl methyl sites for hydroxylation is 1. The molecule has 7 nitrogen and oxygen atoms in total. The first-order valence-electron chi connectivity index (χ1n) is 10.0. The number of aromatic nitrogens is 3. The van der Waals surface area contributed by atoms with Gasteiger partial charge in [-0.25, -0.2) is 0 Å². The SMILES string of the molecule is O=C(NCCN1CCc2ccccc21)c1cn(CC[C@@H]2CCCCN2)nn1. The Balaban J connectivity index is 1.21. The first kappa shape index (κ1) is 18.0. The molecule has 0 bridgehead atoms. The van der Waals surface area contributed by atoms with E-state index in [0.717, 1.165) is 39.0 Å². The van der Waals surface area contributed by atoms with E-state index in [1.54, 1.807) is 10.9 Å². The number of hydrogen-bond acceptors (Lipinski definition) is 5. The molecule has 7 heteroatoms. The highest BCUT2D eigenvalue weighted by Gasteiger charge is 2.18. The summed E-state index contributed by atoms with van der Waals surface area (Å²) in [7, 11) is 0. The molecule has 4 rings (SSSR count). The molecule has 2 aliphatic heterocycles. The van der Waals surface area contributed by atoms with Gasteiger partial charge in [-0.1, -0.05) is 29.8 Å². The number of carbonyl (C=O) groups excluding carboxylic acids is 1. The quantitative estimate of drug-likeness (QED) is 0.777. The molecule has 0 unspecified atom stereocenters. The van der Waals surface area contributed by atoms with E-state index < -0.39 is 0 Å². The van der Waals surface area contributed by atoms with E-state index in [1.165, 1.54) is 30.5 Å². The molecule has 27 heavy (non-hydrogen) atoms. The zero-order valence-corrected chi connectivity index (χ0v) is 15.7. The zero-order chi connectivity index (χ0) is 18.5. The van der Waals surface area contributed by atoms with Gasteiger partial charge in [0.05, 0.1) is 6.20 Å². The van der Waals surface area contributed by atoms with Gasteiger partial charge in [0.15, 0.2) is 5.69 Å². The topological polar surface area (TPSA) is 75.1 Å². The largest absolute Gasteiger partial charge is 0.369 e. The van der Waals surface area contributed by atoms with Gasteiger partial charge in [0.25, 0.3) is 5.91 Å². The van der Waals surface area contributed by atoms with Crippen molar-refractivity contribution in [2.75, 3.05) is 31.1 Å². The lowest BCUT2D eigenvalue weighted by molar-refractivity contribution is 0.0949. The molecule has 0 aliphatic carbocycles. The van der Waals surface area contributed by atoms with Crippen LogP contribution in [0.1, 0.15) is 41.7 Å². The van der Waals surface area contributed by atoms with Crippen molar-refractivity contribution in [3.63, 3.8) is 0 Å². The van der Waals surface area contributed by atoms with Gasteiger partial charge in [0.1, 0.15) is 0 Å². The van der Waals surface area contributed by atoms with Crippen molar-refractivity contribution < 1.29 is 4.79 Å². The average molecular weight is 368 g/mol. The summed E-state index contributed by atoms with van der Waals surface area (Å²) in [6.45, 7) is 4.33. The van der Waals surface area contributed by atoms with Gasteiger partial charge in [-0.2, -0.15) is 0 Å². The molecule has 144 valence electrons. The number of hydrogen-bond donors (Lipinski definition) is 2. The van der Waals surface area contributed by atoms with E-state index in [0.29, 0.717) is 18.3 Å². The summed E-state index contributed by atoms with van der Waals surface area (Å²) < 4.78 is 1.78. The maximum absolute atomic E-state index is 12.3. The Morgan fingerprint density at radius 1 is 1.26 bits per heavy atom. The standard InChI is InChI=1S/C20H28N6O/c27-20(22-11-14-25-12-8-16-5-1-2-7-19(16)25)18-15-26(24-23-18)13-9-17-6-3-4-10-21-17/h1-2,5,7,15,17,21H,3-4,6,8-14H2,(H,22,27)/t17-/m0/s1. The highest BCUT2D eigenvalue weighted by molar-refractivity contribution is 5.91. The first-order valence-corrected chi connectivity index (χ1v) is 10.0. The lowest BCUT2D eigenvalue weighted by atomic mass is 10.0. The third kappa shape index (κ3) is 4.47. The van der Waals surface area contributed by atoms with Crippen molar-refractivity contribution in [1.29, 1.82) is 0 Å². The summed E-state index contributed by atoms with van der Waals surface area (Å²) in [5.41, 5.74) is 3.07. The maximum atomic E-state index is 12.3. The van der Waals surface area contributed by atoms with Crippen LogP contribution in [-0.2, 0) is 13.0 Å². The summed E-state index contributed by atoms with van der Waals surface area (Å²) in [5.74, 6) is -0.149. The fraction of sp³-hybridized carbons (Fsp3) is 0.550. The van der Waals surface area contributed by atoms with Gasteiger partial charge in [0, 0.05) is 37.9 Å². The number of carbonyl (C=O) groups is 1. The van der Waals surface area contributed by atoms with Crippen LogP contribution in [-0.4, -0.2) is 53.1 Å². The van der Waals surface area contributed by atoms with Gasteiger partial charge in [-0.3, -0.25) is 9.48 Å². The van der Waals surface area contributed by atoms with Crippen LogP contribution < -0.4 is 15.5 Å². The highest BCUT2D eigenvalue weighted by atomic mass is 16.2. The van der Waals surface area contributed by atoms with Crippen LogP contribution in [0.3, 0.4) is 0 Å². The second kappa shape index (κ2) is 8.52. The number of fused-ring (bicyclic) bond motifs is 1. The fourth-order valence-corrected chi connectivity index (χ4v) is 4.00. The lowest BCUT2D eigenvalue weighted by Crippen LogP contribution is -2.34. The molecule has 1 fully saturated rings. The summed E-state index contributed by atoms with van der Waals surface area (Å²) in [6.07, 6.45) is 7.65. The number of amides is 1. The number of rotatable bonds is 7. The molecule has 0 radical (unpaired) electrons. The zero-order valence-electron chi connectivity index (χ0n) is 15.7. The van der Waals surface area contributed by atoms with E-state index in [2.05, 4.69) is 50.1 Å². The van der Waals surface area contributed by atoms with E-state index in [1.807, 2.05) is 0 Å². The van der Waals surface area contributed by atoms with Gasteiger partial charge < -0.3 is 15.5 Å². The monoisotopic (exact) mass is 368 g/mol. The predicted octanol–water partition coefficient (Wildman–Crippen LogP) is 1.60. The average Bonchev–Trinajstić information content (AvgIpc) is 3.35. The van der Waals surface area contributed by atoms with Crippen LogP contribution >= 0.6 is 0 Å². The molecule has 3 heterocycles. The molecule has 0 spiro atoms. The minimum Gasteiger partial charge on any atom is -0.369 e. The van der Waals surface area contributed by atoms with Crippen LogP contribution in [0.15, 0.2) is 30.5 Å². The molecule has 2 aromatic rings. The van der Waals surface area contributed by atoms with E-state index in [9.17, 15) is 4.79 Å². The Bertz CT molecular complexity index is 767. The number of piperidine rings is 1. The number of nitrogens with one attached hydrogen (secondary N) is 2. The maximum Gasteiger partial charge on any atom is 0.273 e. The Morgan fingerprint density at radius 3 is 3.07 bits per heavy atom. The van der Waals surface area contributed by atoms with Crippen molar-refractivity contribution >= 4 is 11.6 Å². The molecule has 1 saturated heterocycles. The Labute approximate surface area is 160 Å². The smallest absolute Gasteiger partial charge is 0.273 e. The van der Waals surface area contributed by atoms with Gasteiger partial charge >= 0.3 is 0 Å². The first-order chi connectivity index (χ1) is 13.3. The minimum atomic E-state index is -0.149. The predicted molar refractivity (Wildman–Crippen MR) is 105 cm³/mol. The van der Waals surface area contributed by atoms with Crippen molar-refractivity contribution in [2.45, 2.75) is 44.7 Å². The molecule has 1 atom stereocenters. The number of anilines is 1. The highest BCUT2D eigenvalue weighted by Crippen LogP contribution is 2.26. The Morgan fingerprint density at radius 2 is 2.19 bits per heavy atom. The van der Waals surface area contributed by atoms with Crippen LogP contribution in [0.25, 0.3) is 0 Å². The molecule has 2 N–H and O–H groups in total. The Hall–Kier alpha value is -2.41. The third-order valence-electron chi connectivity index (χ3n) is 5.54. The summed E-state index contributed by atoms with van der Waals surface area (Å²) in [4.78, 5) is 14.6. The normalized spacial score (nSPS) is 19.1. The molecule has 1 aromatic carbocycles. The Kier molecular flexibility index (Phi) is 5.67. The van der Waals surface area contributed by atoms with Crippen molar-refractivity contribution in [3.8, 4) is 0 Å². The van der Waals surface area contributed by atoms with Crippen molar-refractivity contribution in [1.82, 2.24) is 25.6 Å². The molecule has 1 aromatic heterocycles. The number of benzene rings is 1. The van der Waals surface area contributed by atoms with Crippen molar-refractivity contribution in [3.05, 3.63) is 41.7 Å². The van der Waals surface area contributed by atoms with E-state index in [4.69, 9.17) is 0 Å². The van der Waals surface area contributed by atoms with Gasteiger partial charge in [-0.15, -0.1) is 5.10 Å². The van der Waals surface area contributed by atoms with E-state index >= 15 is 0 Å². The van der Waals surface area contributed by atoms with Crippen LogP contribution in [0.5, 0.6) is 0 Å². The van der Waals surface area contributed by atoms with Crippen LogP contribution in [0.2, 0.25) is 0 Å². The number of nitrogens with zero attached hydrogens (tertiary/aromatic N) is 4. The van der Waals surface area contributed by atoms with Gasteiger partial charge in [-0.05, 0) is 43.9 Å². The molecule has 2 aliphatic rings. The molecular formula is C20H28N6O. The molecule has 1 amide bonds. The fourth-order valence-electron chi connectivity index (χ4n) is 4.00. The summed E-state index contributed by atoms with van der Waals surface area (Å²) in [6, 6.07) is 9.03. The summed E-state index contributed by atoms with van der Waals surface area (Å²) in [5, 5.41) is 14.6. The van der Waals surface area contributed by atoms with E-state index in [-0.39, 0.29) is 5.91 Å². The third-order valence-corrected chi connectivity index (χ3v) is 5.54. The minimum absolute atomic E-state index is 0.149. The van der Waals surface area contributed by atoms with Crippen molar-refractivity contribution in [2.24, 2.45) is 0 Å². The molecule has 0 saturated carbocycles. The number of para-hydroxylation sites is 1. The van der Waals surface area contributed by atoms with Crippen LogP contribution in [0.4, 0.5) is 5.69 Å².